The zero-order valence-corrected chi connectivity index (χ0v) is 14.4. The lowest BCUT2D eigenvalue weighted by Crippen LogP contribution is -2.02. The number of benzene rings is 1. The number of hydrogen-bond acceptors (Lipinski definition) is 4. The number of aryl methyl sites for hydroxylation is 3. The predicted molar refractivity (Wildman–Crippen MR) is 95.7 cm³/mol. The van der Waals surface area contributed by atoms with E-state index in [1.165, 1.54) is 35.4 Å². The van der Waals surface area contributed by atoms with E-state index in [2.05, 4.69) is 15.3 Å². The lowest BCUT2D eigenvalue weighted by Gasteiger charge is -2.13. The smallest absolute Gasteiger partial charge is 0.143 e. The largest absolute Gasteiger partial charge is 0.339 e. The summed E-state index contributed by atoms with van der Waals surface area (Å²) in [6, 6.07) is 6.48. The van der Waals surface area contributed by atoms with Crippen LogP contribution in [0.15, 0.2) is 24.3 Å². The van der Waals surface area contributed by atoms with Gasteiger partial charge in [-0.05, 0) is 56.4 Å². The first-order valence-electron chi connectivity index (χ1n) is 7.52. The maximum atomic E-state index is 13.4. The molecule has 0 spiro atoms. The van der Waals surface area contributed by atoms with Crippen LogP contribution in [-0.2, 0) is 12.8 Å². The van der Waals surface area contributed by atoms with Crippen molar-refractivity contribution >= 4 is 45.5 Å². The Morgan fingerprint density at radius 2 is 2.00 bits per heavy atom. The lowest BCUT2D eigenvalue weighted by molar-refractivity contribution is 0.628. The van der Waals surface area contributed by atoms with Gasteiger partial charge in [-0.2, -0.15) is 0 Å². The van der Waals surface area contributed by atoms with Gasteiger partial charge in [-0.1, -0.05) is 6.07 Å². The Balaban J connectivity index is 0.00000156. The third-order valence-electron chi connectivity index (χ3n) is 4.01. The van der Waals surface area contributed by atoms with Crippen molar-refractivity contribution in [2.45, 2.75) is 32.6 Å². The molecule has 4 rings (SSSR count). The van der Waals surface area contributed by atoms with Gasteiger partial charge >= 0.3 is 0 Å². The molecule has 120 valence electrons. The molecule has 3 aromatic rings. The Labute approximate surface area is 144 Å². The molecule has 0 fully saturated rings. The number of aromatic nitrogens is 2. The highest BCUT2D eigenvalue weighted by atomic mass is 35.5. The van der Waals surface area contributed by atoms with Crippen LogP contribution in [0.1, 0.15) is 29.1 Å². The minimum Gasteiger partial charge on any atom is -0.339 e. The van der Waals surface area contributed by atoms with Crippen molar-refractivity contribution in [3.05, 3.63) is 46.3 Å². The van der Waals surface area contributed by atoms with Crippen LogP contribution in [0.25, 0.3) is 10.2 Å². The molecule has 1 aliphatic carbocycles. The first-order chi connectivity index (χ1) is 10.7. The fourth-order valence-electron chi connectivity index (χ4n) is 3.06. The van der Waals surface area contributed by atoms with Crippen LogP contribution in [0.3, 0.4) is 0 Å². The molecular formula is C17H17ClFN3S. The van der Waals surface area contributed by atoms with E-state index in [4.69, 9.17) is 0 Å². The third-order valence-corrected chi connectivity index (χ3v) is 5.20. The summed E-state index contributed by atoms with van der Waals surface area (Å²) in [5, 5.41) is 4.40. The molecule has 0 aliphatic heterocycles. The second kappa shape index (κ2) is 6.42. The van der Waals surface area contributed by atoms with Gasteiger partial charge in [0.1, 0.15) is 22.3 Å². The maximum Gasteiger partial charge on any atom is 0.143 e. The molecule has 1 aliphatic rings. The van der Waals surface area contributed by atoms with Gasteiger partial charge in [0.2, 0.25) is 0 Å². The van der Waals surface area contributed by atoms with E-state index >= 15 is 0 Å². The topological polar surface area (TPSA) is 37.8 Å². The van der Waals surface area contributed by atoms with Gasteiger partial charge in [0, 0.05) is 10.6 Å². The van der Waals surface area contributed by atoms with Crippen molar-refractivity contribution in [2.24, 2.45) is 0 Å². The van der Waals surface area contributed by atoms with Crippen LogP contribution < -0.4 is 5.32 Å². The summed E-state index contributed by atoms with van der Waals surface area (Å²) >= 11 is 1.78. The molecule has 6 heteroatoms. The fraction of sp³-hybridized carbons (Fsp3) is 0.294. The van der Waals surface area contributed by atoms with Crippen LogP contribution in [0.5, 0.6) is 0 Å². The van der Waals surface area contributed by atoms with E-state index in [9.17, 15) is 4.39 Å². The zero-order valence-electron chi connectivity index (χ0n) is 12.7. The standard InChI is InChI=1S/C17H16FN3S.ClH/c1-10-19-16(21-12-6-4-5-11(18)9-12)15-13-7-2-3-8-14(13)22-17(15)20-10;/h4-6,9H,2-3,7-8H2,1H3,(H,19,20,21);1H. The molecule has 0 radical (unpaired) electrons. The first-order valence-corrected chi connectivity index (χ1v) is 8.34. The Bertz CT molecular complexity index is 862. The molecular weight excluding hydrogens is 333 g/mol. The summed E-state index contributed by atoms with van der Waals surface area (Å²) in [6.45, 7) is 1.90. The van der Waals surface area contributed by atoms with E-state index in [0.717, 1.165) is 40.4 Å². The quantitative estimate of drug-likeness (QED) is 0.692. The second-order valence-electron chi connectivity index (χ2n) is 5.65. The van der Waals surface area contributed by atoms with E-state index in [1.807, 2.05) is 13.0 Å². The van der Waals surface area contributed by atoms with Gasteiger partial charge in [0.05, 0.1) is 5.39 Å². The zero-order chi connectivity index (χ0) is 15.1. The first kappa shape index (κ1) is 16.1. The summed E-state index contributed by atoms with van der Waals surface area (Å²) in [5.41, 5.74) is 2.10. The molecule has 1 aromatic carbocycles. The van der Waals surface area contributed by atoms with Crippen LogP contribution in [0, 0.1) is 12.7 Å². The van der Waals surface area contributed by atoms with E-state index in [1.54, 1.807) is 17.4 Å². The Kier molecular flexibility index (Phi) is 4.50. The number of nitrogens with one attached hydrogen (secondary N) is 1. The molecule has 0 saturated carbocycles. The number of thiophene rings is 1. The Morgan fingerprint density at radius 3 is 2.83 bits per heavy atom. The predicted octanol–water partition coefficient (Wildman–Crippen LogP) is 5.18. The average Bonchev–Trinajstić information content (AvgIpc) is 2.85. The maximum absolute atomic E-state index is 13.4. The second-order valence-corrected chi connectivity index (χ2v) is 6.73. The molecule has 2 heterocycles. The van der Waals surface area contributed by atoms with Crippen molar-refractivity contribution in [1.29, 1.82) is 0 Å². The fourth-order valence-corrected chi connectivity index (χ4v) is 4.36. The third kappa shape index (κ3) is 3.03. The summed E-state index contributed by atoms with van der Waals surface area (Å²) in [5.74, 6) is 1.29. The molecule has 0 amide bonds. The van der Waals surface area contributed by atoms with Gasteiger partial charge in [-0.15, -0.1) is 23.7 Å². The molecule has 0 saturated heterocycles. The van der Waals surface area contributed by atoms with Gasteiger partial charge in [-0.3, -0.25) is 0 Å². The number of nitrogens with zero attached hydrogens (tertiary/aromatic N) is 2. The SMILES string of the molecule is Cc1nc(Nc2cccc(F)c2)c2c3c(sc2n1)CCCC3.Cl. The van der Waals surface area contributed by atoms with Gasteiger partial charge in [-0.25, -0.2) is 14.4 Å². The van der Waals surface area contributed by atoms with E-state index < -0.39 is 0 Å². The van der Waals surface area contributed by atoms with Crippen LogP contribution >= 0.6 is 23.7 Å². The number of fused-ring (bicyclic) bond motifs is 3. The van der Waals surface area contributed by atoms with Crippen LogP contribution in [0.2, 0.25) is 0 Å². The Hall–Kier alpha value is -1.72. The van der Waals surface area contributed by atoms with E-state index in [-0.39, 0.29) is 18.2 Å². The van der Waals surface area contributed by atoms with Crippen LogP contribution in [0.4, 0.5) is 15.9 Å². The van der Waals surface area contributed by atoms with Crippen molar-refractivity contribution in [3.63, 3.8) is 0 Å². The highest BCUT2D eigenvalue weighted by molar-refractivity contribution is 7.19. The van der Waals surface area contributed by atoms with Gasteiger partial charge < -0.3 is 5.32 Å². The van der Waals surface area contributed by atoms with Crippen molar-refractivity contribution in [2.75, 3.05) is 5.32 Å². The highest BCUT2D eigenvalue weighted by Crippen LogP contribution is 2.39. The summed E-state index contributed by atoms with van der Waals surface area (Å²) in [4.78, 5) is 11.6. The monoisotopic (exact) mass is 349 g/mol. The van der Waals surface area contributed by atoms with E-state index in [0.29, 0.717) is 0 Å². The van der Waals surface area contributed by atoms with Crippen LogP contribution in [-0.4, -0.2) is 9.97 Å². The molecule has 0 atom stereocenters. The molecule has 2 aromatic heterocycles. The number of anilines is 2. The number of halogens is 2. The number of rotatable bonds is 2. The Morgan fingerprint density at radius 1 is 1.17 bits per heavy atom. The number of hydrogen-bond donors (Lipinski definition) is 1. The van der Waals surface area contributed by atoms with Gasteiger partial charge in [0.15, 0.2) is 0 Å². The molecule has 1 N–H and O–H groups in total. The summed E-state index contributed by atoms with van der Waals surface area (Å²) < 4.78 is 13.4. The minimum absolute atomic E-state index is 0. The highest BCUT2D eigenvalue weighted by Gasteiger charge is 2.20. The average molecular weight is 350 g/mol. The minimum atomic E-state index is -0.251. The van der Waals surface area contributed by atoms with Gasteiger partial charge in [0.25, 0.3) is 0 Å². The molecule has 23 heavy (non-hydrogen) atoms. The molecule has 3 nitrogen and oxygen atoms in total. The normalized spacial score (nSPS) is 13.5. The molecule has 0 unspecified atom stereocenters. The molecule has 0 bridgehead atoms. The van der Waals surface area contributed by atoms with Crippen molar-refractivity contribution in [1.82, 2.24) is 9.97 Å². The summed E-state index contributed by atoms with van der Waals surface area (Å²) in [6.07, 6.45) is 4.68. The lowest BCUT2D eigenvalue weighted by atomic mass is 9.97. The van der Waals surface area contributed by atoms with Crippen molar-refractivity contribution < 1.29 is 4.39 Å². The summed E-state index contributed by atoms with van der Waals surface area (Å²) in [7, 11) is 0. The van der Waals surface area contributed by atoms with Crippen molar-refractivity contribution in [3.8, 4) is 0 Å².